The van der Waals surface area contributed by atoms with Crippen molar-refractivity contribution in [2.24, 2.45) is 0 Å². The van der Waals surface area contributed by atoms with Gasteiger partial charge in [-0.15, -0.1) is 0 Å². The molecule has 1 aliphatic heterocycles. The summed E-state index contributed by atoms with van der Waals surface area (Å²) < 4.78 is 73.7. The molecule has 0 aromatic heterocycles. The van der Waals surface area contributed by atoms with Crippen LogP contribution in [0.15, 0.2) is 41.3 Å². The fourth-order valence-electron chi connectivity index (χ4n) is 3.91. The van der Waals surface area contributed by atoms with Gasteiger partial charge >= 0.3 is 6.18 Å². The van der Waals surface area contributed by atoms with Crippen molar-refractivity contribution in [3.05, 3.63) is 52.5 Å². The number of hydrogen-bond acceptors (Lipinski definition) is 7. The van der Waals surface area contributed by atoms with Gasteiger partial charge in [0.05, 0.1) is 45.7 Å². The van der Waals surface area contributed by atoms with Gasteiger partial charge in [0.2, 0.25) is 0 Å². The number of para-hydroxylation sites is 1. The molecule has 0 spiro atoms. The van der Waals surface area contributed by atoms with Gasteiger partial charge in [-0.1, -0.05) is 29.8 Å². The zero-order valence-electron chi connectivity index (χ0n) is 20.3. The van der Waals surface area contributed by atoms with Crippen molar-refractivity contribution in [3.63, 3.8) is 0 Å². The average Bonchev–Trinajstić information content (AvgIpc) is 2.82. The number of carbonyl (C=O) groups is 1. The van der Waals surface area contributed by atoms with Gasteiger partial charge in [0, 0.05) is 13.1 Å². The molecule has 1 saturated heterocycles. The normalized spacial score (nSPS) is 17.4. The van der Waals surface area contributed by atoms with Gasteiger partial charge < -0.3 is 25.2 Å². The van der Waals surface area contributed by atoms with Gasteiger partial charge in [0.1, 0.15) is 5.75 Å². The number of anilines is 1. The van der Waals surface area contributed by atoms with Crippen molar-refractivity contribution in [1.82, 2.24) is 5.32 Å². The molecule has 1 aliphatic rings. The highest BCUT2D eigenvalue weighted by atomic mass is 35.5. The first-order valence-electron chi connectivity index (χ1n) is 11.4. The summed E-state index contributed by atoms with van der Waals surface area (Å²) in [6.07, 6.45) is -5.23. The number of aromatic hydroxyl groups is 1. The molecule has 2 atom stereocenters. The van der Waals surface area contributed by atoms with Crippen LogP contribution in [-0.2, 0) is 14.6 Å². The lowest BCUT2D eigenvalue weighted by atomic mass is 9.88. The Morgan fingerprint density at radius 3 is 2.27 bits per heavy atom. The van der Waals surface area contributed by atoms with Crippen molar-refractivity contribution in [3.8, 4) is 5.75 Å². The number of nitrogens with one attached hydrogen (secondary N) is 1. The Morgan fingerprint density at radius 2 is 1.73 bits per heavy atom. The van der Waals surface area contributed by atoms with Crippen LogP contribution >= 0.6 is 11.6 Å². The molecule has 13 heteroatoms. The molecule has 37 heavy (non-hydrogen) atoms. The number of phenols is 1. The highest BCUT2D eigenvalue weighted by molar-refractivity contribution is 7.92. The van der Waals surface area contributed by atoms with Gasteiger partial charge in [-0.05, 0) is 44.5 Å². The largest absolute Gasteiger partial charge is 0.507 e. The fraction of sp³-hybridized carbons (Fsp3) is 0.458. The standard InChI is InChI=1S/C24H28ClF3N2O6S/c1-14(2)37(34,35)18-9-8-16(19(25)20(18)30-10-12-36-13-11-30)21(23(3,33)24(26,27)28)29-22(32)15-6-4-5-7-17(15)31/h4-9,14,21,31,33H,10-13H2,1-3H3,(H,29,32). The Morgan fingerprint density at radius 1 is 1.14 bits per heavy atom. The molecule has 1 fully saturated rings. The predicted octanol–water partition coefficient (Wildman–Crippen LogP) is 3.85. The number of halogens is 4. The lowest BCUT2D eigenvalue weighted by molar-refractivity contribution is -0.263. The molecule has 0 aliphatic carbocycles. The molecule has 2 aromatic carbocycles. The third-order valence-corrected chi connectivity index (χ3v) is 8.82. The number of ether oxygens (including phenoxy) is 1. The van der Waals surface area contributed by atoms with E-state index in [-0.39, 0.29) is 53.0 Å². The molecule has 0 radical (unpaired) electrons. The fourth-order valence-corrected chi connectivity index (χ4v) is 5.63. The van der Waals surface area contributed by atoms with Crippen molar-refractivity contribution in [1.29, 1.82) is 0 Å². The lowest BCUT2D eigenvalue weighted by Crippen LogP contribution is -2.53. The van der Waals surface area contributed by atoms with Crippen LogP contribution < -0.4 is 10.2 Å². The Hall–Kier alpha value is -2.54. The monoisotopic (exact) mass is 564 g/mol. The summed E-state index contributed by atoms with van der Waals surface area (Å²) in [5.41, 5.74) is -4.24. The van der Waals surface area contributed by atoms with Crippen molar-refractivity contribution >= 4 is 33.0 Å². The van der Waals surface area contributed by atoms with E-state index in [1.54, 1.807) is 4.90 Å². The Kier molecular flexibility index (Phi) is 8.38. The summed E-state index contributed by atoms with van der Waals surface area (Å²) in [6, 6.07) is 5.23. The number of morpholine rings is 1. The molecular weight excluding hydrogens is 537 g/mol. The van der Waals surface area contributed by atoms with Crippen LogP contribution in [0, 0.1) is 0 Å². The van der Waals surface area contributed by atoms with E-state index in [4.69, 9.17) is 16.3 Å². The molecule has 3 rings (SSSR count). The van der Waals surface area contributed by atoms with Gasteiger partial charge in [0.25, 0.3) is 5.91 Å². The number of nitrogens with zero attached hydrogens (tertiary/aromatic N) is 1. The van der Waals surface area contributed by atoms with Gasteiger partial charge in [0.15, 0.2) is 15.4 Å². The van der Waals surface area contributed by atoms with E-state index in [0.717, 1.165) is 12.1 Å². The number of alkyl halides is 3. The third kappa shape index (κ3) is 5.66. The van der Waals surface area contributed by atoms with Crippen LogP contribution in [0.2, 0.25) is 5.02 Å². The van der Waals surface area contributed by atoms with E-state index in [1.165, 1.54) is 38.1 Å². The van der Waals surface area contributed by atoms with Gasteiger partial charge in [-0.3, -0.25) is 4.79 Å². The molecule has 2 unspecified atom stereocenters. The van der Waals surface area contributed by atoms with Crippen LogP contribution in [0.5, 0.6) is 5.75 Å². The van der Waals surface area contributed by atoms with Gasteiger partial charge in [-0.25, -0.2) is 8.42 Å². The van der Waals surface area contributed by atoms with Crippen molar-refractivity contribution < 1.29 is 41.3 Å². The van der Waals surface area contributed by atoms with Crippen LogP contribution in [-0.4, -0.2) is 67.9 Å². The van der Waals surface area contributed by atoms with Crippen molar-refractivity contribution in [2.45, 2.75) is 48.7 Å². The second-order valence-electron chi connectivity index (χ2n) is 9.08. The zero-order chi connectivity index (χ0) is 27.8. The number of carbonyl (C=O) groups excluding carboxylic acids is 1. The molecule has 1 amide bonds. The highest BCUT2D eigenvalue weighted by Gasteiger charge is 2.56. The van der Waals surface area contributed by atoms with Crippen LogP contribution in [0.4, 0.5) is 18.9 Å². The summed E-state index contributed by atoms with van der Waals surface area (Å²) in [7, 11) is -3.93. The first kappa shape index (κ1) is 29.0. The summed E-state index contributed by atoms with van der Waals surface area (Å²) >= 11 is 6.64. The number of benzene rings is 2. The van der Waals surface area contributed by atoms with Crippen LogP contribution in [0.1, 0.15) is 42.7 Å². The lowest BCUT2D eigenvalue weighted by Gasteiger charge is -2.37. The predicted molar refractivity (Wildman–Crippen MR) is 132 cm³/mol. The molecule has 0 saturated carbocycles. The molecule has 8 nitrogen and oxygen atoms in total. The second-order valence-corrected chi connectivity index (χ2v) is 11.9. The maximum Gasteiger partial charge on any atom is 0.419 e. The number of hydrogen-bond donors (Lipinski definition) is 3. The van der Waals surface area contributed by atoms with Crippen LogP contribution in [0.25, 0.3) is 0 Å². The van der Waals surface area contributed by atoms with Crippen LogP contribution in [0.3, 0.4) is 0 Å². The second kappa shape index (κ2) is 10.7. The molecule has 1 heterocycles. The maximum absolute atomic E-state index is 14.0. The minimum absolute atomic E-state index is 0.0315. The molecule has 204 valence electrons. The first-order valence-corrected chi connectivity index (χ1v) is 13.3. The number of sulfone groups is 1. The summed E-state index contributed by atoms with van der Waals surface area (Å²) in [5, 5.41) is 21.6. The molecular formula is C24H28ClF3N2O6S. The minimum atomic E-state index is -5.23. The molecule has 3 N–H and O–H groups in total. The maximum atomic E-state index is 14.0. The van der Waals surface area contributed by atoms with E-state index >= 15 is 0 Å². The Balaban J connectivity index is 2.25. The summed E-state index contributed by atoms with van der Waals surface area (Å²) in [6.45, 7) is 4.30. The first-order chi connectivity index (χ1) is 17.1. The number of rotatable bonds is 7. The zero-order valence-corrected chi connectivity index (χ0v) is 21.9. The van der Waals surface area contributed by atoms with E-state index in [1.807, 2.05) is 0 Å². The average molecular weight is 565 g/mol. The smallest absolute Gasteiger partial charge is 0.419 e. The SMILES string of the molecule is CC(C)S(=O)(=O)c1ccc(C(NC(=O)c2ccccc2O)C(C)(O)C(F)(F)F)c(Cl)c1N1CCOCC1. The number of amides is 1. The quantitative estimate of drug-likeness (QED) is 0.468. The summed E-state index contributed by atoms with van der Waals surface area (Å²) in [4.78, 5) is 14.3. The number of phenolic OH excluding ortho intramolecular Hbond substituents is 1. The topological polar surface area (TPSA) is 116 Å². The highest BCUT2D eigenvalue weighted by Crippen LogP contribution is 2.46. The van der Waals surface area contributed by atoms with E-state index in [2.05, 4.69) is 5.32 Å². The van der Waals surface area contributed by atoms with Crippen molar-refractivity contribution in [2.75, 3.05) is 31.2 Å². The Labute approximate surface area is 217 Å². The number of aliphatic hydroxyl groups is 1. The van der Waals surface area contributed by atoms with E-state index in [9.17, 15) is 36.6 Å². The molecule has 0 bridgehead atoms. The van der Waals surface area contributed by atoms with E-state index < -0.39 is 44.6 Å². The van der Waals surface area contributed by atoms with E-state index in [0.29, 0.717) is 6.92 Å². The van der Waals surface area contributed by atoms with Gasteiger partial charge in [-0.2, -0.15) is 13.2 Å². The minimum Gasteiger partial charge on any atom is -0.507 e. The Bertz CT molecular complexity index is 1260. The summed E-state index contributed by atoms with van der Waals surface area (Å²) in [5.74, 6) is -1.58. The molecule has 2 aromatic rings. The third-order valence-electron chi connectivity index (χ3n) is 6.23.